The largest absolute Gasteiger partial charge is 0.346 e. The van der Waals surface area contributed by atoms with Crippen molar-refractivity contribution in [2.24, 2.45) is 0 Å². The van der Waals surface area contributed by atoms with Crippen LogP contribution >= 0.6 is 0 Å². The van der Waals surface area contributed by atoms with Crippen LogP contribution in [0, 0.1) is 0 Å². The molecule has 3 aromatic rings. The number of rotatable bonds is 4. The van der Waals surface area contributed by atoms with Gasteiger partial charge in [-0.3, -0.25) is 14.5 Å². The fourth-order valence-corrected chi connectivity index (χ4v) is 3.11. The highest BCUT2D eigenvalue weighted by Gasteiger charge is 2.21. The minimum Gasteiger partial charge on any atom is -0.346 e. The average molecular weight is 322 g/mol. The number of aromatic nitrogens is 5. The van der Waals surface area contributed by atoms with Crippen molar-refractivity contribution in [1.82, 2.24) is 30.0 Å². The number of fused-ring (bicyclic) bond motifs is 1. The minimum absolute atomic E-state index is 0.144. The minimum atomic E-state index is -0.144. The number of carbonyl (C=O) groups is 1. The summed E-state index contributed by atoms with van der Waals surface area (Å²) in [6.07, 6.45) is 11.1. The number of nitrogens with zero attached hydrogens (tertiary/aromatic N) is 4. The van der Waals surface area contributed by atoms with Gasteiger partial charge >= 0.3 is 0 Å². The zero-order valence-electron chi connectivity index (χ0n) is 13.2. The van der Waals surface area contributed by atoms with Gasteiger partial charge in [0.25, 0.3) is 5.91 Å². The van der Waals surface area contributed by atoms with Gasteiger partial charge in [0.2, 0.25) is 0 Å². The van der Waals surface area contributed by atoms with Crippen molar-refractivity contribution in [3.05, 3.63) is 59.6 Å². The molecular weight excluding hydrogens is 304 g/mol. The summed E-state index contributed by atoms with van der Waals surface area (Å²) in [6, 6.07) is 3.81. The molecule has 7 nitrogen and oxygen atoms in total. The molecule has 4 rings (SSSR count). The Morgan fingerprint density at radius 3 is 3.08 bits per heavy atom. The SMILES string of the molecule is O=C(NCc1cccnc1-n1ccnc1)c1n[nH]c2c1CCCC2. The quantitative estimate of drug-likeness (QED) is 0.766. The smallest absolute Gasteiger partial charge is 0.272 e. The first-order valence-corrected chi connectivity index (χ1v) is 8.09. The molecule has 0 spiro atoms. The van der Waals surface area contributed by atoms with Gasteiger partial charge in [0.1, 0.15) is 12.1 Å². The lowest BCUT2D eigenvalue weighted by Gasteiger charge is -2.12. The number of pyridine rings is 1. The van der Waals surface area contributed by atoms with Gasteiger partial charge < -0.3 is 5.32 Å². The molecule has 24 heavy (non-hydrogen) atoms. The van der Waals surface area contributed by atoms with Crippen molar-refractivity contribution >= 4 is 5.91 Å². The Morgan fingerprint density at radius 2 is 2.21 bits per heavy atom. The second-order valence-electron chi connectivity index (χ2n) is 5.88. The van der Waals surface area contributed by atoms with Gasteiger partial charge in [0.05, 0.1) is 0 Å². The molecule has 1 aliphatic rings. The Kier molecular flexibility index (Phi) is 3.82. The Hall–Kier alpha value is -2.96. The van der Waals surface area contributed by atoms with Crippen molar-refractivity contribution in [2.45, 2.75) is 32.2 Å². The van der Waals surface area contributed by atoms with Gasteiger partial charge in [0.15, 0.2) is 5.69 Å². The molecule has 0 aromatic carbocycles. The van der Waals surface area contributed by atoms with E-state index in [9.17, 15) is 4.79 Å². The Labute approximate surface area is 139 Å². The summed E-state index contributed by atoms with van der Waals surface area (Å²) in [5, 5.41) is 10.2. The van der Waals surface area contributed by atoms with Crippen molar-refractivity contribution < 1.29 is 4.79 Å². The van der Waals surface area contributed by atoms with E-state index in [2.05, 4.69) is 25.5 Å². The van der Waals surface area contributed by atoms with Crippen LogP contribution in [0.4, 0.5) is 0 Å². The van der Waals surface area contributed by atoms with E-state index in [1.807, 2.05) is 22.9 Å². The molecule has 3 heterocycles. The molecule has 7 heteroatoms. The number of hydrogen-bond donors (Lipinski definition) is 2. The van der Waals surface area contributed by atoms with Crippen LogP contribution in [0.15, 0.2) is 37.1 Å². The number of nitrogens with one attached hydrogen (secondary N) is 2. The number of hydrogen-bond acceptors (Lipinski definition) is 4. The molecule has 0 unspecified atom stereocenters. The van der Waals surface area contributed by atoms with Gasteiger partial charge in [-0.2, -0.15) is 5.10 Å². The van der Waals surface area contributed by atoms with Crippen LogP contribution < -0.4 is 5.32 Å². The number of imidazole rings is 1. The third-order valence-electron chi connectivity index (χ3n) is 4.33. The summed E-state index contributed by atoms with van der Waals surface area (Å²) in [4.78, 5) is 20.9. The van der Waals surface area contributed by atoms with Crippen LogP contribution in [-0.4, -0.2) is 30.6 Å². The van der Waals surface area contributed by atoms with Gasteiger partial charge in [-0.05, 0) is 31.7 Å². The van der Waals surface area contributed by atoms with Crippen LogP contribution in [0.1, 0.15) is 40.2 Å². The summed E-state index contributed by atoms with van der Waals surface area (Å²) in [6.45, 7) is 0.391. The molecule has 0 saturated heterocycles. The van der Waals surface area contributed by atoms with E-state index in [-0.39, 0.29) is 5.91 Å². The molecule has 0 radical (unpaired) electrons. The first-order valence-electron chi connectivity index (χ1n) is 8.09. The van der Waals surface area contributed by atoms with Crippen LogP contribution in [-0.2, 0) is 19.4 Å². The molecule has 122 valence electrons. The maximum absolute atomic E-state index is 12.5. The Balaban J connectivity index is 1.52. The summed E-state index contributed by atoms with van der Waals surface area (Å²) < 4.78 is 1.83. The zero-order valence-corrected chi connectivity index (χ0v) is 13.2. The topological polar surface area (TPSA) is 88.5 Å². The normalized spacial score (nSPS) is 13.5. The van der Waals surface area contributed by atoms with Crippen molar-refractivity contribution in [1.29, 1.82) is 0 Å². The van der Waals surface area contributed by atoms with Gasteiger partial charge in [-0.15, -0.1) is 0 Å². The summed E-state index contributed by atoms with van der Waals surface area (Å²) in [5.41, 5.74) is 3.62. The maximum atomic E-state index is 12.5. The third-order valence-corrected chi connectivity index (χ3v) is 4.33. The monoisotopic (exact) mass is 322 g/mol. The number of aryl methyl sites for hydroxylation is 1. The van der Waals surface area contributed by atoms with E-state index in [1.165, 1.54) is 0 Å². The number of amides is 1. The summed E-state index contributed by atoms with van der Waals surface area (Å²) in [7, 11) is 0. The summed E-state index contributed by atoms with van der Waals surface area (Å²) in [5.74, 6) is 0.620. The van der Waals surface area contributed by atoms with E-state index < -0.39 is 0 Å². The number of aromatic amines is 1. The van der Waals surface area contributed by atoms with E-state index in [1.54, 1.807) is 18.7 Å². The lowest BCUT2D eigenvalue weighted by Crippen LogP contribution is -2.25. The zero-order chi connectivity index (χ0) is 16.4. The third kappa shape index (κ3) is 2.68. The number of H-pyrrole nitrogens is 1. The molecule has 1 aliphatic carbocycles. The molecule has 1 amide bonds. The van der Waals surface area contributed by atoms with Crippen molar-refractivity contribution in [3.63, 3.8) is 0 Å². The van der Waals surface area contributed by atoms with E-state index in [0.29, 0.717) is 12.2 Å². The molecular formula is C17H18N6O. The van der Waals surface area contributed by atoms with E-state index in [4.69, 9.17) is 0 Å². The predicted octanol–water partition coefficient (Wildman–Crippen LogP) is 1.80. The van der Waals surface area contributed by atoms with E-state index in [0.717, 1.165) is 48.3 Å². The van der Waals surface area contributed by atoms with Crippen LogP contribution in [0.25, 0.3) is 5.82 Å². The fraction of sp³-hybridized carbons (Fsp3) is 0.294. The first-order chi connectivity index (χ1) is 11.8. The molecule has 0 bridgehead atoms. The molecule has 0 saturated carbocycles. The average Bonchev–Trinajstić information content (AvgIpc) is 3.29. The van der Waals surface area contributed by atoms with Crippen LogP contribution in [0.2, 0.25) is 0 Å². The molecule has 0 aliphatic heterocycles. The lowest BCUT2D eigenvalue weighted by molar-refractivity contribution is 0.0945. The highest BCUT2D eigenvalue weighted by molar-refractivity contribution is 5.94. The second kappa shape index (κ2) is 6.27. The molecule has 3 aromatic heterocycles. The Morgan fingerprint density at radius 1 is 1.29 bits per heavy atom. The van der Waals surface area contributed by atoms with Crippen LogP contribution in [0.3, 0.4) is 0 Å². The molecule has 2 N–H and O–H groups in total. The second-order valence-corrected chi connectivity index (χ2v) is 5.88. The first kappa shape index (κ1) is 14.6. The van der Waals surface area contributed by atoms with Gasteiger partial charge in [-0.1, -0.05) is 6.07 Å². The fourth-order valence-electron chi connectivity index (χ4n) is 3.11. The van der Waals surface area contributed by atoms with E-state index >= 15 is 0 Å². The maximum Gasteiger partial charge on any atom is 0.272 e. The standard InChI is InChI=1S/C17H18N6O/c24-17(15-13-5-1-2-6-14(13)21-22-15)20-10-12-4-3-7-19-16(12)23-9-8-18-11-23/h3-4,7-9,11H,1-2,5-6,10H2,(H,20,24)(H,21,22). The summed E-state index contributed by atoms with van der Waals surface area (Å²) >= 11 is 0. The highest BCUT2D eigenvalue weighted by Crippen LogP contribution is 2.22. The lowest BCUT2D eigenvalue weighted by atomic mass is 9.96. The molecule has 0 fully saturated rings. The Bertz CT molecular complexity index is 852. The van der Waals surface area contributed by atoms with Crippen molar-refractivity contribution in [3.8, 4) is 5.82 Å². The van der Waals surface area contributed by atoms with Gasteiger partial charge in [0, 0.05) is 42.0 Å². The number of carbonyl (C=O) groups excluding carboxylic acids is 1. The molecule has 0 atom stereocenters. The predicted molar refractivity (Wildman–Crippen MR) is 87.8 cm³/mol. The van der Waals surface area contributed by atoms with Gasteiger partial charge in [-0.25, -0.2) is 9.97 Å². The highest BCUT2D eigenvalue weighted by atomic mass is 16.1. The van der Waals surface area contributed by atoms with Crippen LogP contribution in [0.5, 0.6) is 0 Å². The van der Waals surface area contributed by atoms with Crippen molar-refractivity contribution in [2.75, 3.05) is 0 Å².